The van der Waals surface area contributed by atoms with Crippen molar-refractivity contribution in [3.05, 3.63) is 30.3 Å². The van der Waals surface area contributed by atoms with E-state index in [0.29, 0.717) is 17.9 Å². The number of nitrogens with one attached hydrogen (secondary N) is 1. The summed E-state index contributed by atoms with van der Waals surface area (Å²) in [6.07, 6.45) is 0.393. The predicted octanol–water partition coefficient (Wildman–Crippen LogP) is 0.525. The molecule has 94 valence electrons. The zero-order valence-corrected chi connectivity index (χ0v) is 10.1. The lowest BCUT2D eigenvalue weighted by Crippen LogP contribution is -2.24. The van der Waals surface area contributed by atoms with Gasteiger partial charge in [-0.2, -0.15) is 0 Å². The van der Waals surface area contributed by atoms with E-state index in [4.69, 9.17) is 5.11 Å². The smallest absolute Gasteiger partial charge is 0.317 e. The van der Waals surface area contributed by atoms with Crippen molar-refractivity contribution in [2.75, 3.05) is 18.8 Å². The van der Waals surface area contributed by atoms with Crippen molar-refractivity contribution in [2.24, 2.45) is 0 Å². The number of sulfone groups is 1. The monoisotopic (exact) mass is 257 g/mol. The molecule has 0 fully saturated rings. The third-order valence-corrected chi connectivity index (χ3v) is 3.96. The van der Waals surface area contributed by atoms with E-state index in [-0.39, 0.29) is 12.3 Å². The molecule has 0 aromatic heterocycles. The summed E-state index contributed by atoms with van der Waals surface area (Å²) >= 11 is 0. The summed E-state index contributed by atoms with van der Waals surface area (Å²) < 4.78 is 23.6. The van der Waals surface area contributed by atoms with Gasteiger partial charge < -0.3 is 10.4 Å². The molecule has 0 heterocycles. The van der Waals surface area contributed by atoms with Gasteiger partial charge in [-0.15, -0.1) is 0 Å². The third-order valence-electron chi connectivity index (χ3n) is 2.15. The molecule has 0 atom stereocenters. The van der Waals surface area contributed by atoms with Crippen LogP contribution in [0, 0.1) is 0 Å². The first-order valence-corrected chi connectivity index (χ1v) is 6.88. The Morgan fingerprint density at radius 1 is 1.24 bits per heavy atom. The molecule has 0 saturated carbocycles. The van der Waals surface area contributed by atoms with Crippen molar-refractivity contribution in [1.29, 1.82) is 0 Å². The van der Waals surface area contributed by atoms with Crippen molar-refractivity contribution in [1.82, 2.24) is 5.32 Å². The van der Waals surface area contributed by atoms with Gasteiger partial charge in [0.05, 0.1) is 17.2 Å². The topological polar surface area (TPSA) is 83.5 Å². The fraction of sp³-hybridized carbons (Fsp3) is 0.364. The first kappa shape index (κ1) is 13.7. The van der Waals surface area contributed by atoms with Crippen LogP contribution < -0.4 is 5.32 Å². The summed E-state index contributed by atoms with van der Waals surface area (Å²) in [7, 11) is -3.25. The van der Waals surface area contributed by atoms with E-state index in [1.54, 1.807) is 30.3 Å². The predicted molar refractivity (Wildman–Crippen MR) is 63.6 cm³/mol. The lowest BCUT2D eigenvalue weighted by molar-refractivity contribution is -0.135. The van der Waals surface area contributed by atoms with E-state index in [2.05, 4.69) is 5.32 Å². The molecule has 0 aliphatic carbocycles. The minimum absolute atomic E-state index is 0.0175. The van der Waals surface area contributed by atoms with Crippen LogP contribution in [0.5, 0.6) is 0 Å². The van der Waals surface area contributed by atoms with Gasteiger partial charge in [0.15, 0.2) is 9.84 Å². The minimum atomic E-state index is -3.25. The van der Waals surface area contributed by atoms with E-state index in [1.807, 2.05) is 0 Å². The SMILES string of the molecule is O=C(O)CNCCCS(=O)(=O)c1ccccc1. The molecule has 0 spiro atoms. The Morgan fingerprint density at radius 2 is 1.88 bits per heavy atom. The van der Waals surface area contributed by atoms with Gasteiger partial charge >= 0.3 is 5.97 Å². The lowest BCUT2D eigenvalue weighted by atomic mass is 10.4. The summed E-state index contributed by atoms with van der Waals surface area (Å²) in [6, 6.07) is 8.22. The lowest BCUT2D eigenvalue weighted by Gasteiger charge is -2.04. The Bertz CT molecular complexity index is 456. The highest BCUT2D eigenvalue weighted by atomic mass is 32.2. The summed E-state index contributed by atoms with van der Waals surface area (Å²) in [5.41, 5.74) is 0. The molecule has 0 amide bonds. The molecule has 1 rings (SSSR count). The molecule has 17 heavy (non-hydrogen) atoms. The Balaban J connectivity index is 2.39. The van der Waals surface area contributed by atoms with Gasteiger partial charge in [-0.05, 0) is 25.1 Å². The highest BCUT2D eigenvalue weighted by Crippen LogP contribution is 2.10. The number of rotatable bonds is 7. The maximum atomic E-state index is 11.8. The van der Waals surface area contributed by atoms with Gasteiger partial charge in [-0.3, -0.25) is 4.79 Å². The van der Waals surface area contributed by atoms with Crippen LogP contribution in [0.25, 0.3) is 0 Å². The summed E-state index contributed by atoms with van der Waals surface area (Å²) in [4.78, 5) is 10.5. The largest absolute Gasteiger partial charge is 0.480 e. The van der Waals surface area contributed by atoms with Gasteiger partial charge in [-0.25, -0.2) is 8.42 Å². The van der Waals surface area contributed by atoms with Crippen molar-refractivity contribution >= 4 is 15.8 Å². The Labute approximate surface area is 100 Å². The van der Waals surface area contributed by atoms with Crippen LogP contribution in [0.4, 0.5) is 0 Å². The molecule has 2 N–H and O–H groups in total. The van der Waals surface area contributed by atoms with Crippen LogP contribution in [0.1, 0.15) is 6.42 Å². The molecule has 6 heteroatoms. The maximum absolute atomic E-state index is 11.8. The maximum Gasteiger partial charge on any atom is 0.317 e. The molecule has 5 nitrogen and oxygen atoms in total. The number of carboxylic acids is 1. The van der Waals surface area contributed by atoms with Crippen molar-refractivity contribution < 1.29 is 18.3 Å². The van der Waals surface area contributed by atoms with E-state index in [1.165, 1.54) is 0 Å². The van der Waals surface area contributed by atoms with E-state index >= 15 is 0 Å². The number of benzene rings is 1. The van der Waals surface area contributed by atoms with Crippen LogP contribution in [-0.4, -0.2) is 38.3 Å². The highest BCUT2D eigenvalue weighted by molar-refractivity contribution is 7.91. The van der Waals surface area contributed by atoms with Crippen LogP contribution in [0.2, 0.25) is 0 Å². The normalized spacial score (nSPS) is 11.3. The quantitative estimate of drug-likeness (QED) is 0.696. The minimum Gasteiger partial charge on any atom is -0.480 e. The standard InChI is InChI=1S/C11H15NO4S/c13-11(14)9-12-7-4-8-17(15,16)10-5-2-1-3-6-10/h1-3,5-6,12H,4,7-9H2,(H,13,14). The molecule has 0 aliphatic heterocycles. The number of carboxylic acid groups (broad SMARTS) is 1. The van der Waals surface area contributed by atoms with Crippen LogP contribution in [0.3, 0.4) is 0 Å². The van der Waals surface area contributed by atoms with Crippen LogP contribution in [0.15, 0.2) is 35.2 Å². The Hall–Kier alpha value is -1.40. The number of hydrogen-bond donors (Lipinski definition) is 2. The molecular formula is C11H15NO4S. The highest BCUT2D eigenvalue weighted by Gasteiger charge is 2.12. The van der Waals surface area contributed by atoms with Crippen molar-refractivity contribution in [2.45, 2.75) is 11.3 Å². The summed E-state index contributed by atoms with van der Waals surface area (Å²) in [6.45, 7) is 0.226. The van der Waals surface area contributed by atoms with Gasteiger partial charge in [0, 0.05) is 0 Å². The average Bonchev–Trinajstić information content (AvgIpc) is 2.29. The zero-order chi connectivity index (χ0) is 12.7. The summed E-state index contributed by atoms with van der Waals surface area (Å²) in [5.74, 6) is -0.931. The Morgan fingerprint density at radius 3 is 2.47 bits per heavy atom. The first-order chi connectivity index (χ1) is 8.02. The van der Waals surface area contributed by atoms with E-state index in [0.717, 1.165) is 0 Å². The molecule has 0 bridgehead atoms. The third kappa shape index (κ3) is 4.97. The number of carbonyl (C=O) groups is 1. The second kappa shape index (κ2) is 6.36. The molecule has 1 aromatic carbocycles. The molecule has 1 aromatic rings. The molecule has 0 saturated heterocycles. The van der Waals surface area contributed by atoms with Crippen LogP contribution in [-0.2, 0) is 14.6 Å². The van der Waals surface area contributed by atoms with E-state index < -0.39 is 15.8 Å². The molecular weight excluding hydrogens is 242 g/mol. The van der Waals surface area contributed by atoms with Gasteiger partial charge in [-0.1, -0.05) is 18.2 Å². The number of hydrogen-bond acceptors (Lipinski definition) is 4. The van der Waals surface area contributed by atoms with Gasteiger partial charge in [0.2, 0.25) is 0 Å². The van der Waals surface area contributed by atoms with Gasteiger partial charge in [0.25, 0.3) is 0 Å². The van der Waals surface area contributed by atoms with Gasteiger partial charge in [0.1, 0.15) is 0 Å². The average molecular weight is 257 g/mol. The fourth-order valence-corrected chi connectivity index (χ4v) is 2.66. The fourth-order valence-electron chi connectivity index (χ4n) is 1.33. The molecule has 0 aliphatic rings. The zero-order valence-electron chi connectivity index (χ0n) is 9.30. The second-order valence-electron chi connectivity index (χ2n) is 3.56. The van der Waals surface area contributed by atoms with E-state index in [9.17, 15) is 13.2 Å². The molecule has 0 unspecified atom stereocenters. The first-order valence-electron chi connectivity index (χ1n) is 5.23. The van der Waals surface area contributed by atoms with Crippen molar-refractivity contribution in [3.8, 4) is 0 Å². The Kier molecular flexibility index (Phi) is 5.11. The summed E-state index contributed by atoms with van der Waals surface area (Å²) in [5, 5.41) is 11.0. The second-order valence-corrected chi connectivity index (χ2v) is 5.67. The number of aliphatic carboxylic acids is 1. The molecule has 0 radical (unpaired) electrons. The van der Waals surface area contributed by atoms with Crippen LogP contribution >= 0.6 is 0 Å². The van der Waals surface area contributed by atoms with Crippen molar-refractivity contribution in [3.63, 3.8) is 0 Å².